The Bertz CT molecular complexity index is 573. The molecule has 3 nitrogen and oxygen atoms in total. The van der Waals surface area contributed by atoms with Crippen LogP contribution in [-0.4, -0.2) is 30.4 Å². The molecule has 1 aromatic rings. The third-order valence-corrected chi connectivity index (χ3v) is 5.17. The molecule has 0 aromatic heterocycles. The summed E-state index contributed by atoms with van der Waals surface area (Å²) in [7, 11) is 0. The quantitative estimate of drug-likeness (QED) is 0.824. The molecule has 1 amide bonds. The van der Waals surface area contributed by atoms with Gasteiger partial charge in [0.05, 0.1) is 11.0 Å². The van der Waals surface area contributed by atoms with Crippen molar-refractivity contribution in [3.05, 3.63) is 33.8 Å². The van der Waals surface area contributed by atoms with Crippen molar-refractivity contribution in [2.75, 3.05) is 19.6 Å². The molecule has 0 saturated carbocycles. The topological polar surface area (TPSA) is 32.3 Å². The van der Waals surface area contributed by atoms with Gasteiger partial charge in [0.1, 0.15) is 11.6 Å². The second kappa shape index (κ2) is 5.65. The number of nitrogens with one attached hydrogen (secondary N) is 1. The van der Waals surface area contributed by atoms with Crippen LogP contribution < -0.4 is 5.32 Å². The lowest BCUT2D eigenvalue weighted by Gasteiger charge is -2.33. The highest BCUT2D eigenvalue weighted by molar-refractivity contribution is 9.10. The van der Waals surface area contributed by atoms with E-state index in [0.717, 1.165) is 25.9 Å². The molecule has 2 saturated heterocycles. The van der Waals surface area contributed by atoms with Gasteiger partial charge in [0.15, 0.2) is 0 Å². The first-order valence-corrected chi connectivity index (χ1v) is 7.91. The number of nitrogens with zero attached hydrogens (tertiary/aromatic N) is 1. The number of benzene rings is 1. The van der Waals surface area contributed by atoms with Crippen LogP contribution in [0.1, 0.15) is 24.8 Å². The molecule has 0 aliphatic carbocycles. The van der Waals surface area contributed by atoms with Crippen molar-refractivity contribution in [2.45, 2.75) is 25.8 Å². The summed E-state index contributed by atoms with van der Waals surface area (Å²) in [5.74, 6) is -1.22. The van der Waals surface area contributed by atoms with Crippen molar-refractivity contribution in [3.8, 4) is 0 Å². The highest BCUT2D eigenvalue weighted by Gasteiger charge is 2.43. The summed E-state index contributed by atoms with van der Waals surface area (Å²) in [6.45, 7) is 2.41. The largest absolute Gasteiger partial charge is 0.338 e. The Kier molecular flexibility index (Phi) is 4.01. The van der Waals surface area contributed by atoms with Gasteiger partial charge in [0.2, 0.25) is 5.91 Å². The second-order valence-electron chi connectivity index (χ2n) is 6.00. The van der Waals surface area contributed by atoms with Gasteiger partial charge >= 0.3 is 0 Å². The zero-order valence-corrected chi connectivity index (χ0v) is 13.2. The van der Waals surface area contributed by atoms with Crippen LogP contribution in [0.4, 0.5) is 8.78 Å². The van der Waals surface area contributed by atoms with Crippen molar-refractivity contribution in [1.82, 2.24) is 10.2 Å². The summed E-state index contributed by atoms with van der Waals surface area (Å²) in [5, 5.41) is 3.28. The molecule has 114 valence electrons. The third-order valence-electron chi connectivity index (χ3n) is 4.56. The maximum atomic E-state index is 14.0. The van der Waals surface area contributed by atoms with E-state index in [4.69, 9.17) is 0 Å². The Morgan fingerprint density at radius 1 is 1.29 bits per heavy atom. The maximum Gasteiger partial charge on any atom is 0.223 e. The summed E-state index contributed by atoms with van der Waals surface area (Å²) in [4.78, 5) is 13.8. The monoisotopic (exact) mass is 358 g/mol. The van der Waals surface area contributed by atoms with Gasteiger partial charge in [-0.3, -0.25) is 4.79 Å². The van der Waals surface area contributed by atoms with E-state index in [9.17, 15) is 13.6 Å². The van der Waals surface area contributed by atoms with E-state index in [1.165, 1.54) is 12.1 Å². The molecule has 21 heavy (non-hydrogen) atoms. The standard InChI is InChI=1S/C15H17BrF2N2O/c16-11-1-2-12(17)10(14(11)18)8-20-9-15(7-13(20)21)3-5-19-6-4-15/h1-2,19H,3-9H2. The highest BCUT2D eigenvalue weighted by Crippen LogP contribution is 2.40. The number of amides is 1. The normalized spacial score (nSPS) is 21.3. The lowest BCUT2D eigenvalue weighted by Crippen LogP contribution is -2.38. The van der Waals surface area contributed by atoms with E-state index < -0.39 is 11.6 Å². The molecule has 3 rings (SSSR count). The molecule has 6 heteroatoms. The molecule has 2 fully saturated rings. The van der Waals surface area contributed by atoms with Gasteiger partial charge in [0.25, 0.3) is 0 Å². The Morgan fingerprint density at radius 2 is 2.00 bits per heavy atom. The molecule has 2 aliphatic rings. The van der Waals surface area contributed by atoms with E-state index in [2.05, 4.69) is 21.2 Å². The van der Waals surface area contributed by atoms with Gasteiger partial charge in [-0.05, 0) is 59.4 Å². The van der Waals surface area contributed by atoms with Gasteiger partial charge in [-0.2, -0.15) is 0 Å². The summed E-state index contributed by atoms with van der Waals surface area (Å²) in [6, 6.07) is 2.57. The molecule has 0 bridgehead atoms. The number of hydrogen-bond acceptors (Lipinski definition) is 2. The van der Waals surface area contributed by atoms with Gasteiger partial charge in [-0.15, -0.1) is 0 Å². The van der Waals surface area contributed by atoms with E-state index >= 15 is 0 Å². The molecule has 0 unspecified atom stereocenters. The summed E-state index contributed by atoms with van der Waals surface area (Å²) < 4.78 is 28.1. The first-order chi connectivity index (χ1) is 10.0. The zero-order chi connectivity index (χ0) is 15.0. The number of rotatable bonds is 2. The average molecular weight is 359 g/mol. The van der Waals surface area contributed by atoms with E-state index in [-0.39, 0.29) is 27.9 Å². The van der Waals surface area contributed by atoms with Crippen LogP contribution in [0.15, 0.2) is 16.6 Å². The number of carbonyl (C=O) groups excluding carboxylic acids is 1. The molecular weight excluding hydrogens is 342 g/mol. The van der Waals surface area contributed by atoms with Crippen LogP contribution in [0.2, 0.25) is 0 Å². The third kappa shape index (κ3) is 2.83. The molecule has 1 spiro atoms. The van der Waals surface area contributed by atoms with Crippen molar-refractivity contribution < 1.29 is 13.6 Å². The van der Waals surface area contributed by atoms with Crippen LogP contribution in [0.3, 0.4) is 0 Å². The van der Waals surface area contributed by atoms with E-state index in [1.54, 1.807) is 4.90 Å². The zero-order valence-electron chi connectivity index (χ0n) is 11.6. The lowest BCUT2D eigenvalue weighted by atomic mass is 9.78. The molecule has 1 aromatic carbocycles. The number of hydrogen-bond donors (Lipinski definition) is 1. The summed E-state index contributed by atoms with van der Waals surface area (Å²) >= 11 is 3.06. The van der Waals surface area contributed by atoms with Gasteiger partial charge in [-0.1, -0.05) is 0 Å². The second-order valence-corrected chi connectivity index (χ2v) is 6.85. The average Bonchev–Trinajstić information content (AvgIpc) is 2.75. The van der Waals surface area contributed by atoms with E-state index in [1.807, 2.05) is 0 Å². The maximum absolute atomic E-state index is 14.0. The Hall–Kier alpha value is -1.01. The number of carbonyl (C=O) groups is 1. The van der Waals surface area contributed by atoms with Crippen LogP contribution in [-0.2, 0) is 11.3 Å². The van der Waals surface area contributed by atoms with Gasteiger partial charge in [0, 0.05) is 18.5 Å². The Morgan fingerprint density at radius 3 is 2.71 bits per heavy atom. The van der Waals surface area contributed by atoms with Gasteiger partial charge in [-0.25, -0.2) is 8.78 Å². The van der Waals surface area contributed by atoms with Crippen molar-refractivity contribution in [1.29, 1.82) is 0 Å². The predicted octanol–water partition coefficient (Wildman–Crippen LogP) is 2.83. The summed E-state index contributed by atoms with van der Waals surface area (Å²) in [6.07, 6.45) is 2.38. The predicted molar refractivity (Wildman–Crippen MR) is 78.6 cm³/mol. The van der Waals surface area contributed by atoms with Crippen molar-refractivity contribution in [2.24, 2.45) is 5.41 Å². The molecular formula is C15H17BrF2N2O. The molecule has 0 atom stereocenters. The molecule has 2 heterocycles. The Labute approximate surface area is 130 Å². The minimum Gasteiger partial charge on any atom is -0.338 e. The van der Waals surface area contributed by atoms with E-state index in [0.29, 0.717) is 13.0 Å². The Balaban J connectivity index is 1.80. The fraction of sp³-hybridized carbons (Fsp3) is 0.533. The number of halogens is 3. The van der Waals surface area contributed by atoms with Gasteiger partial charge < -0.3 is 10.2 Å². The lowest BCUT2D eigenvalue weighted by molar-refractivity contribution is -0.128. The van der Waals surface area contributed by atoms with Crippen LogP contribution in [0, 0.1) is 17.0 Å². The summed E-state index contributed by atoms with van der Waals surface area (Å²) in [5.41, 5.74) is -0.0508. The fourth-order valence-electron chi connectivity index (χ4n) is 3.32. The molecule has 2 aliphatic heterocycles. The highest BCUT2D eigenvalue weighted by atomic mass is 79.9. The molecule has 1 N–H and O–H groups in total. The number of piperidine rings is 1. The molecule has 0 radical (unpaired) electrons. The first kappa shape index (κ1) is 14.9. The smallest absolute Gasteiger partial charge is 0.223 e. The van der Waals surface area contributed by atoms with Crippen LogP contribution in [0.25, 0.3) is 0 Å². The van der Waals surface area contributed by atoms with Crippen LogP contribution in [0.5, 0.6) is 0 Å². The minimum absolute atomic E-state index is 0.00400. The fourth-order valence-corrected chi connectivity index (χ4v) is 3.69. The van der Waals surface area contributed by atoms with Crippen molar-refractivity contribution >= 4 is 21.8 Å². The van der Waals surface area contributed by atoms with Crippen molar-refractivity contribution in [3.63, 3.8) is 0 Å². The minimum atomic E-state index is -0.617. The van der Waals surface area contributed by atoms with Crippen LogP contribution >= 0.6 is 15.9 Å². The number of likely N-dealkylation sites (tertiary alicyclic amines) is 1. The first-order valence-electron chi connectivity index (χ1n) is 7.12. The SMILES string of the molecule is O=C1CC2(CCNCC2)CN1Cc1c(F)ccc(Br)c1F.